The van der Waals surface area contributed by atoms with Crippen molar-refractivity contribution in [1.29, 1.82) is 0 Å². The van der Waals surface area contributed by atoms with Gasteiger partial charge in [-0.3, -0.25) is 4.98 Å². The molecule has 4 nitrogen and oxygen atoms in total. The molecule has 0 atom stereocenters. The molecule has 0 radical (unpaired) electrons. The Morgan fingerprint density at radius 1 is 1.13 bits per heavy atom. The van der Waals surface area contributed by atoms with Crippen LogP contribution in [0.15, 0.2) is 42.9 Å². The summed E-state index contributed by atoms with van der Waals surface area (Å²) in [5.41, 5.74) is 5.33. The molecule has 0 aliphatic carbocycles. The Kier molecular flexibility index (Phi) is 3.88. The molecule has 0 fully saturated rings. The lowest BCUT2D eigenvalue weighted by Crippen LogP contribution is -2.32. The first-order valence-corrected chi connectivity index (χ1v) is 10.2. The summed E-state index contributed by atoms with van der Waals surface area (Å²) in [4.78, 5) is 8.13. The molecule has 148 valence electrons. The van der Waals surface area contributed by atoms with Gasteiger partial charge in [-0.2, -0.15) is 0 Å². The summed E-state index contributed by atoms with van der Waals surface area (Å²) in [5.74, 6) is 1.78. The molecule has 3 heterocycles. The quantitative estimate of drug-likeness (QED) is 0.278. The third-order valence-corrected chi connectivity index (χ3v) is 6.22. The van der Waals surface area contributed by atoms with Gasteiger partial charge in [-0.25, -0.2) is 11.1 Å². The van der Waals surface area contributed by atoms with E-state index in [9.17, 15) is 0 Å². The summed E-state index contributed by atoms with van der Waals surface area (Å²) in [6.07, 6.45) is 6.58. The molecule has 1 aliphatic heterocycles. The van der Waals surface area contributed by atoms with Crippen molar-refractivity contribution in [2.24, 2.45) is 7.05 Å². The second kappa shape index (κ2) is 6.27. The standard InChI is InChI=1S/C26H24N3O/c1-15-19-7-9-28-14-20(19)16(2)25-22(15)24-23-18(8-10-29(24)6)11-17(12-21(23)30-25)13-26(3,4)27-5/h7-12,14H,13H2,1-4,6H3/q+1. The monoisotopic (exact) mass is 394 g/mol. The van der Waals surface area contributed by atoms with Crippen LogP contribution in [0.1, 0.15) is 30.5 Å². The van der Waals surface area contributed by atoms with Crippen LogP contribution in [-0.4, -0.2) is 10.5 Å². The molecule has 0 spiro atoms. The van der Waals surface area contributed by atoms with Gasteiger partial charge < -0.3 is 9.58 Å². The summed E-state index contributed by atoms with van der Waals surface area (Å²) in [7, 11) is 2.09. The first kappa shape index (κ1) is 18.6. The molecule has 0 unspecified atom stereocenters. The number of aromatic nitrogens is 2. The second-order valence-electron chi connectivity index (χ2n) is 8.91. The molecular weight excluding hydrogens is 370 g/mol. The van der Waals surface area contributed by atoms with Gasteiger partial charge in [0.05, 0.1) is 17.4 Å². The number of pyridine rings is 2. The van der Waals surface area contributed by atoms with Crippen LogP contribution >= 0.6 is 0 Å². The Bertz CT molecular complexity index is 1410. The fourth-order valence-corrected chi connectivity index (χ4v) is 4.70. The maximum atomic E-state index is 7.50. The fourth-order valence-electron chi connectivity index (χ4n) is 4.70. The fraction of sp³-hybridized carbons (Fsp3) is 0.269. The zero-order valence-electron chi connectivity index (χ0n) is 18.0. The maximum Gasteiger partial charge on any atom is 0.231 e. The Morgan fingerprint density at radius 3 is 2.70 bits per heavy atom. The smallest absolute Gasteiger partial charge is 0.231 e. The van der Waals surface area contributed by atoms with E-state index in [1.54, 1.807) is 0 Å². The van der Waals surface area contributed by atoms with Gasteiger partial charge in [-0.05, 0) is 47.9 Å². The molecule has 4 aromatic rings. The van der Waals surface area contributed by atoms with E-state index in [2.05, 4.69) is 65.8 Å². The van der Waals surface area contributed by atoms with Crippen LogP contribution in [0.4, 0.5) is 0 Å². The Morgan fingerprint density at radius 2 is 1.93 bits per heavy atom. The topological polar surface area (TPSA) is 30.4 Å². The average molecular weight is 394 g/mol. The SMILES string of the molecule is [C-]#[N+]C(C)(C)Cc1cc2c3c([n+](C)ccc3c1)-c1c(c(C)c3cnccc3c1C)O2. The number of benzene rings is 2. The highest BCUT2D eigenvalue weighted by molar-refractivity contribution is 6.06. The van der Waals surface area contributed by atoms with E-state index in [1.807, 2.05) is 26.2 Å². The van der Waals surface area contributed by atoms with Crippen LogP contribution in [0.5, 0.6) is 11.5 Å². The van der Waals surface area contributed by atoms with Gasteiger partial charge >= 0.3 is 0 Å². The molecule has 2 aromatic carbocycles. The number of aryl methyl sites for hydroxylation is 3. The molecule has 1 aliphatic rings. The van der Waals surface area contributed by atoms with Crippen LogP contribution in [0, 0.1) is 20.4 Å². The van der Waals surface area contributed by atoms with Crippen molar-refractivity contribution in [2.75, 3.05) is 0 Å². The summed E-state index contributed by atoms with van der Waals surface area (Å²) >= 11 is 0. The lowest BCUT2D eigenvalue weighted by molar-refractivity contribution is -0.659. The molecular formula is C26H24N3O+. The summed E-state index contributed by atoms with van der Waals surface area (Å²) in [5, 5.41) is 4.61. The van der Waals surface area contributed by atoms with Gasteiger partial charge in [-0.1, -0.05) is 6.07 Å². The van der Waals surface area contributed by atoms with Gasteiger partial charge in [0, 0.05) is 43.3 Å². The van der Waals surface area contributed by atoms with E-state index in [0.717, 1.165) is 44.3 Å². The molecule has 0 bridgehead atoms. The molecule has 0 amide bonds. The minimum absolute atomic E-state index is 0.441. The van der Waals surface area contributed by atoms with Crippen molar-refractivity contribution in [1.82, 2.24) is 4.98 Å². The predicted octanol–water partition coefficient (Wildman–Crippen LogP) is 5.84. The van der Waals surface area contributed by atoms with Crippen molar-refractivity contribution in [3.63, 3.8) is 0 Å². The van der Waals surface area contributed by atoms with Crippen molar-refractivity contribution < 1.29 is 9.30 Å². The number of rotatable bonds is 2. The second-order valence-corrected chi connectivity index (χ2v) is 8.91. The van der Waals surface area contributed by atoms with Crippen molar-refractivity contribution in [3.05, 3.63) is 71.0 Å². The number of nitrogens with zero attached hydrogens (tertiary/aromatic N) is 3. The van der Waals surface area contributed by atoms with Crippen molar-refractivity contribution in [3.8, 4) is 22.8 Å². The van der Waals surface area contributed by atoms with Gasteiger partial charge in [0.1, 0.15) is 18.5 Å². The average Bonchev–Trinajstić information content (AvgIpc) is 2.73. The Hall–Kier alpha value is -3.45. The van der Waals surface area contributed by atoms with Crippen LogP contribution in [0.25, 0.3) is 37.6 Å². The van der Waals surface area contributed by atoms with Gasteiger partial charge in [-0.15, -0.1) is 0 Å². The number of hydrogen-bond acceptors (Lipinski definition) is 2. The highest BCUT2D eigenvalue weighted by atomic mass is 16.5. The van der Waals surface area contributed by atoms with Crippen molar-refractivity contribution in [2.45, 2.75) is 39.7 Å². The highest BCUT2D eigenvalue weighted by Crippen LogP contribution is 2.50. The largest absolute Gasteiger partial charge is 0.455 e. The lowest BCUT2D eigenvalue weighted by Gasteiger charge is -2.24. The van der Waals surface area contributed by atoms with E-state index in [4.69, 9.17) is 11.3 Å². The first-order valence-electron chi connectivity index (χ1n) is 10.2. The summed E-state index contributed by atoms with van der Waals surface area (Å²) in [6.45, 7) is 15.7. The molecule has 0 N–H and O–H groups in total. The van der Waals surface area contributed by atoms with E-state index in [0.29, 0.717) is 6.42 Å². The molecule has 2 aromatic heterocycles. The highest BCUT2D eigenvalue weighted by Gasteiger charge is 2.33. The Labute approximate surface area is 176 Å². The normalized spacial score (nSPS) is 12.5. The third kappa shape index (κ3) is 2.59. The van der Waals surface area contributed by atoms with Crippen LogP contribution in [0.2, 0.25) is 0 Å². The number of hydrogen-bond donors (Lipinski definition) is 0. The summed E-state index contributed by atoms with van der Waals surface area (Å²) < 4.78 is 8.78. The van der Waals surface area contributed by atoms with Gasteiger partial charge in [0.15, 0.2) is 6.20 Å². The minimum atomic E-state index is -0.441. The summed E-state index contributed by atoms with van der Waals surface area (Å²) in [6, 6.07) is 8.54. The van der Waals surface area contributed by atoms with Crippen LogP contribution in [0.3, 0.4) is 0 Å². The van der Waals surface area contributed by atoms with Crippen LogP contribution in [-0.2, 0) is 13.5 Å². The van der Waals surface area contributed by atoms with Crippen LogP contribution < -0.4 is 9.30 Å². The molecule has 0 saturated heterocycles. The minimum Gasteiger partial charge on any atom is -0.455 e. The van der Waals surface area contributed by atoms with E-state index < -0.39 is 5.54 Å². The van der Waals surface area contributed by atoms with Gasteiger partial charge in [0.2, 0.25) is 11.2 Å². The van der Waals surface area contributed by atoms with E-state index >= 15 is 0 Å². The van der Waals surface area contributed by atoms with Gasteiger partial charge in [0.25, 0.3) is 0 Å². The van der Waals surface area contributed by atoms with E-state index in [1.165, 1.54) is 16.6 Å². The van der Waals surface area contributed by atoms with Crippen molar-refractivity contribution >= 4 is 21.5 Å². The molecule has 5 rings (SSSR count). The number of fused-ring (bicyclic) bond motifs is 3. The zero-order valence-corrected chi connectivity index (χ0v) is 18.0. The molecule has 4 heteroatoms. The third-order valence-electron chi connectivity index (χ3n) is 6.22. The zero-order chi connectivity index (χ0) is 21.2. The first-order chi connectivity index (χ1) is 14.3. The lowest BCUT2D eigenvalue weighted by atomic mass is 9.88. The van der Waals surface area contributed by atoms with E-state index in [-0.39, 0.29) is 0 Å². The Balaban J connectivity index is 1.86. The predicted molar refractivity (Wildman–Crippen MR) is 120 cm³/mol. The molecule has 30 heavy (non-hydrogen) atoms. The maximum absolute atomic E-state index is 7.50. The molecule has 0 saturated carbocycles. The number of ether oxygens (including phenoxy) is 1.